The number of nitrogens with one attached hydrogen (secondary N) is 1. The molecule has 0 unspecified atom stereocenters. The van der Waals surface area contributed by atoms with Crippen LogP contribution in [0.15, 0.2) is 77.7 Å². The van der Waals surface area contributed by atoms with E-state index in [4.69, 9.17) is 0 Å². The lowest BCUT2D eigenvalue weighted by atomic mass is 10.1. The zero-order chi connectivity index (χ0) is 31.4. The van der Waals surface area contributed by atoms with Gasteiger partial charge in [-0.15, -0.1) is 0 Å². The van der Waals surface area contributed by atoms with E-state index in [0.717, 1.165) is 54.5 Å². The molecule has 1 N–H and O–H groups in total. The lowest BCUT2D eigenvalue weighted by Crippen LogP contribution is -2.52. The Balaban J connectivity index is 1.74. The molecule has 1 aliphatic carbocycles. The standard InChI is InChI=1S/C32H36F3N3O4S/c1-22-15-17-29(18-16-22)43(41,42)38(28-14-8-11-26(19-28)32(33,34)35)21-30(39)37(20-25-10-5-4-9-23(25)2)24(3)31(40)36-27-12-6-7-13-27/h4-5,8-11,14-19,24,27H,6-7,12-13,20-21H2,1-3H3,(H,36,40)/t24-/m1/s1. The fourth-order valence-corrected chi connectivity index (χ4v) is 6.56. The highest BCUT2D eigenvalue weighted by atomic mass is 32.2. The number of amides is 2. The zero-order valence-electron chi connectivity index (χ0n) is 24.4. The maximum absolute atomic E-state index is 14.1. The number of carbonyl (C=O) groups is 2. The van der Waals surface area contributed by atoms with Gasteiger partial charge in [0.2, 0.25) is 11.8 Å². The van der Waals surface area contributed by atoms with Crippen molar-refractivity contribution in [3.63, 3.8) is 0 Å². The van der Waals surface area contributed by atoms with Gasteiger partial charge in [0.25, 0.3) is 10.0 Å². The van der Waals surface area contributed by atoms with E-state index < -0.39 is 40.3 Å². The normalized spacial score (nSPS) is 14.7. The van der Waals surface area contributed by atoms with Crippen LogP contribution in [-0.4, -0.2) is 43.8 Å². The maximum Gasteiger partial charge on any atom is 0.416 e. The molecule has 0 bridgehead atoms. The van der Waals surface area contributed by atoms with Gasteiger partial charge in [0.15, 0.2) is 0 Å². The number of rotatable bonds is 10. The molecule has 4 rings (SSSR count). The van der Waals surface area contributed by atoms with Crippen LogP contribution in [-0.2, 0) is 32.3 Å². The molecule has 230 valence electrons. The summed E-state index contributed by atoms with van der Waals surface area (Å²) >= 11 is 0. The third-order valence-electron chi connectivity index (χ3n) is 7.82. The zero-order valence-corrected chi connectivity index (χ0v) is 25.2. The molecule has 7 nitrogen and oxygen atoms in total. The van der Waals surface area contributed by atoms with Crippen molar-refractivity contribution in [2.45, 2.75) is 76.2 Å². The van der Waals surface area contributed by atoms with Gasteiger partial charge in [0, 0.05) is 12.6 Å². The highest BCUT2D eigenvalue weighted by Crippen LogP contribution is 2.33. The monoisotopic (exact) mass is 615 g/mol. The van der Waals surface area contributed by atoms with E-state index in [-0.39, 0.29) is 29.1 Å². The van der Waals surface area contributed by atoms with Crippen molar-refractivity contribution in [3.8, 4) is 0 Å². The molecule has 1 saturated carbocycles. The summed E-state index contributed by atoms with van der Waals surface area (Å²) in [5.74, 6) is -1.11. The minimum absolute atomic E-state index is 0.00566. The van der Waals surface area contributed by atoms with Crippen LogP contribution in [0.5, 0.6) is 0 Å². The molecule has 3 aromatic carbocycles. The maximum atomic E-state index is 14.1. The molecule has 1 aliphatic rings. The summed E-state index contributed by atoms with van der Waals surface area (Å²) in [5.41, 5.74) is 1.03. The quantitative estimate of drug-likeness (QED) is 0.304. The van der Waals surface area contributed by atoms with Crippen LogP contribution in [0.3, 0.4) is 0 Å². The molecule has 43 heavy (non-hydrogen) atoms. The molecule has 0 aliphatic heterocycles. The molecule has 2 amide bonds. The predicted molar refractivity (Wildman–Crippen MR) is 159 cm³/mol. The fourth-order valence-electron chi connectivity index (χ4n) is 5.15. The second kappa shape index (κ2) is 13.2. The van der Waals surface area contributed by atoms with Crippen LogP contribution < -0.4 is 9.62 Å². The van der Waals surface area contributed by atoms with Gasteiger partial charge in [-0.25, -0.2) is 8.42 Å². The minimum atomic E-state index is -4.73. The number of anilines is 1. The lowest BCUT2D eigenvalue weighted by molar-refractivity contribution is -0.139. The number of hydrogen-bond donors (Lipinski definition) is 1. The van der Waals surface area contributed by atoms with Gasteiger partial charge >= 0.3 is 6.18 Å². The number of halogens is 3. The lowest BCUT2D eigenvalue weighted by Gasteiger charge is -2.33. The Labute approximate surface area is 250 Å². The SMILES string of the molecule is Cc1ccc(S(=O)(=O)N(CC(=O)N(Cc2ccccc2C)[C@H](C)C(=O)NC2CCCC2)c2cccc(C(F)(F)F)c2)cc1. The second-order valence-corrected chi connectivity index (χ2v) is 12.8. The van der Waals surface area contributed by atoms with E-state index in [1.807, 2.05) is 25.1 Å². The van der Waals surface area contributed by atoms with Crippen molar-refractivity contribution in [3.05, 3.63) is 95.1 Å². The molecule has 1 atom stereocenters. The number of alkyl halides is 3. The first kappa shape index (κ1) is 32.1. The predicted octanol–water partition coefficient (Wildman–Crippen LogP) is 5.99. The van der Waals surface area contributed by atoms with E-state index in [2.05, 4.69) is 5.32 Å². The van der Waals surface area contributed by atoms with Crippen molar-refractivity contribution in [1.82, 2.24) is 10.2 Å². The molecule has 11 heteroatoms. The van der Waals surface area contributed by atoms with Crippen molar-refractivity contribution < 1.29 is 31.2 Å². The minimum Gasteiger partial charge on any atom is -0.352 e. The molecule has 1 fully saturated rings. The first-order chi connectivity index (χ1) is 20.3. The summed E-state index contributed by atoms with van der Waals surface area (Å²) in [5, 5.41) is 3.00. The Hall–Kier alpha value is -3.86. The van der Waals surface area contributed by atoms with Gasteiger partial charge in [-0.1, -0.05) is 60.9 Å². The Morgan fingerprint density at radius 1 is 0.953 bits per heavy atom. The summed E-state index contributed by atoms with van der Waals surface area (Å²) in [6.45, 7) is 4.39. The summed E-state index contributed by atoms with van der Waals surface area (Å²) in [6, 6.07) is 16.0. The van der Waals surface area contributed by atoms with Crippen LogP contribution in [0.4, 0.5) is 18.9 Å². The van der Waals surface area contributed by atoms with Crippen molar-refractivity contribution >= 4 is 27.5 Å². The molecular formula is C32H36F3N3O4S. The molecule has 0 aromatic heterocycles. The fraction of sp³-hybridized carbons (Fsp3) is 0.375. The largest absolute Gasteiger partial charge is 0.416 e. The third-order valence-corrected chi connectivity index (χ3v) is 9.61. The van der Waals surface area contributed by atoms with Crippen molar-refractivity contribution in [1.29, 1.82) is 0 Å². The Kier molecular flexibility index (Phi) is 9.84. The highest BCUT2D eigenvalue weighted by Gasteiger charge is 2.35. The van der Waals surface area contributed by atoms with Gasteiger partial charge in [-0.05, 0) is 75.1 Å². The smallest absolute Gasteiger partial charge is 0.352 e. The average molecular weight is 616 g/mol. The molecule has 3 aromatic rings. The number of benzene rings is 3. The second-order valence-electron chi connectivity index (χ2n) is 11.0. The number of sulfonamides is 1. The highest BCUT2D eigenvalue weighted by molar-refractivity contribution is 7.92. The van der Waals surface area contributed by atoms with Gasteiger partial charge in [0.05, 0.1) is 16.1 Å². The number of carbonyl (C=O) groups excluding carboxylic acids is 2. The number of hydrogen-bond acceptors (Lipinski definition) is 4. The molecule has 0 spiro atoms. The summed E-state index contributed by atoms with van der Waals surface area (Å²) in [7, 11) is -4.49. The van der Waals surface area contributed by atoms with Crippen LogP contribution in [0.1, 0.15) is 54.9 Å². The summed E-state index contributed by atoms with van der Waals surface area (Å²) < 4.78 is 69.4. The van der Waals surface area contributed by atoms with E-state index in [9.17, 15) is 31.2 Å². The summed E-state index contributed by atoms with van der Waals surface area (Å²) in [6.07, 6.45) is -1.07. The van der Waals surface area contributed by atoms with Gasteiger partial charge in [-0.3, -0.25) is 13.9 Å². The number of nitrogens with zero attached hydrogens (tertiary/aromatic N) is 2. The van der Waals surface area contributed by atoms with E-state index in [0.29, 0.717) is 10.4 Å². The molecule has 0 radical (unpaired) electrons. The van der Waals surface area contributed by atoms with E-state index in [1.54, 1.807) is 32.0 Å². The van der Waals surface area contributed by atoms with Gasteiger partial charge in [-0.2, -0.15) is 13.2 Å². The van der Waals surface area contributed by atoms with E-state index in [1.165, 1.54) is 23.1 Å². The Morgan fingerprint density at radius 3 is 2.23 bits per heavy atom. The first-order valence-corrected chi connectivity index (χ1v) is 15.6. The van der Waals surface area contributed by atoms with Crippen LogP contribution in [0.25, 0.3) is 0 Å². The van der Waals surface area contributed by atoms with Gasteiger partial charge < -0.3 is 10.2 Å². The van der Waals surface area contributed by atoms with Crippen molar-refractivity contribution in [2.75, 3.05) is 10.8 Å². The van der Waals surface area contributed by atoms with E-state index >= 15 is 0 Å². The molecular weight excluding hydrogens is 579 g/mol. The van der Waals surface area contributed by atoms with Gasteiger partial charge in [0.1, 0.15) is 12.6 Å². The van der Waals surface area contributed by atoms with Crippen LogP contribution in [0.2, 0.25) is 0 Å². The van der Waals surface area contributed by atoms with Crippen LogP contribution in [0, 0.1) is 13.8 Å². The number of aryl methyl sites for hydroxylation is 2. The van der Waals surface area contributed by atoms with Crippen LogP contribution >= 0.6 is 0 Å². The first-order valence-electron chi connectivity index (χ1n) is 14.2. The Bertz CT molecular complexity index is 1550. The third kappa shape index (κ3) is 7.76. The topological polar surface area (TPSA) is 86.8 Å². The molecule has 0 saturated heterocycles. The average Bonchev–Trinajstić information content (AvgIpc) is 3.48. The molecule has 0 heterocycles. The van der Waals surface area contributed by atoms with Crippen molar-refractivity contribution in [2.24, 2.45) is 0 Å². The Morgan fingerprint density at radius 2 is 1.60 bits per heavy atom. The summed E-state index contributed by atoms with van der Waals surface area (Å²) in [4.78, 5) is 28.5.